The number of hydrogen-bond acceptors (Lipinski definition) is 5. The van der Waals surface area contributed by atoms with Crippen LogP contribution in [0.25, 0.3) is 0 Å². The van der Waals surface area contributed by atoms with Crippen molar-refractivity contribution in [2.45, 2.75) is 13.1 Å². The first-order chi connectivity index (χ1) is 9.69. The predicted molar refractivity (Wildman–Crippen MR) is 70.6 cm³/mol. The summed E-state index contributed by atoms with van der Waals surface area (Å²) in [5, 5.41) is 9.52. The average Bonchev–Trinajstić information content (AvgIpc) is 2.97. The third kappa shape index (κ3) is 3.62. The maximum atomic E-state index is 11.6. The smallest absolute Gasteiger partial charge is 0.328 e. The number of hydrogen-bond donors (Lipinski definition) is 3. The van der Waals surface area contributed by atoms with Crippen molar-refractivity contribution in [1.82, 2.24) is 20.2 Å². The molecule has 0 saturated heterocycles. The largest absolute Gasteiger partial charge is 0.344 e. The van der Waals surface area contributed by atoms with Crippen LogP contribution in [0.4, 0.5) is 0 Å². The molecule has 8 nitrogen and oxygen atoms in total. The number of rotatable bonds is 4. The van der Waals surface area contributed by atoms with Crippen molar-refractivity contribution < 1.29 is 9.59 Å². The third-order valence-electron chi connectivity index (χ3n) is 2.54. The maximum absolute atomic E-state index is 11.6. The van der Waals surface area contributed by atoms with E-state index in [4.69, 9.17) is 5.73 Å². The molecule has 0 aliphatic carbocycles. The van der Waals surface area contributed by atoms with E-state index in [2.05, 4.69) is 20.9 Å². The van der Waals surface area contributed by atoms with Crippen molar-refractivity contribution in [2.24, 2.45) is 5.73 Å². The molecule has 2 rings (SSSR count). The van der Waals surface area contributed by atoms with Crippen LogP contribution in [0.2, 0.25) is 0 Å². The van der Waals surface area contributed by atoms with Gasteiger partial charge in [-0.1, -0.05) is 24.3 Å². The summed E-state index contributed by atoms with van der Waals surface area (Å²) in [4.78, 5) is 23.1. The monoisotopic (exact) mass is 274 g/mol. The summed E-state index contributed by atoms with van der Waals surface area (Å²) >= 11 is 0. The molecule has 0 spiro atoms. The molecule has 2 aromatic rings. The van der Waals surface area contributed by atoms with Crippen molar-refractivity contribution in [1.29, 1.82) is 0 Å². The Morgan fingerprint density at radius 3 is 2.55 bits per heavy atom. The molecule has 4 N–H and O–H groups in total. The minimum atomic E-state index is -0.792. The number of carbonyl (C=O) groups excluding carboxylic acids is 2. The van der Waals surface area contributed by atoms with Crippen LogP contribution in [-0.4, -0.2) is 26.7 Å². The number of nitrogens with one attached hydrogen (secondary N) is 2. The van der Waals surface area contributed by atoms with Gasteiger partial charge in [0.05, 0.1) is 0 Å². The summed E-state index contributed by atoms with van der Waals surface area (Å²) in [6, 6.07) is 7.46. The van der Waals surface area contributed by atoms with Gasteiger partial charge in [0, 0.05) is 13.1 Å². The van der Waals surface area contributed by atoms with Gasteiger partial charge in [0.2, 0.25) is 0 Å². The molecular formula is C12H14N6O2. The van der Waals surface area contributed by atoms with E-state index in [9.17, 15) is 9.59 Å². The fraction of sp³-hybridized carbons (Fsp3) is 0.167. The maximum Gasteiger partial charge on any atom is 0.328 e. The highest BCUT2D eigenvalue weighted by atomic mass is 16.2. The van der Waals surface area contributed by atoms with Gasteiger partial charge in [0.1, 0.15) is 12.7 Å². The van der Waals surface area contributed by atoms with E-state index in [0.717, 1.165) is 11.1 Å². The molecule has 0 unspecified atom stereocenters. The van der Waals surface area contributed by atoms with Crippen LogP contribution in [0.3, 0.4) is 0 Å². The van der Waals surface area contributed by atoms with Gasteiger partial charge in [-0.15, -0.1) is 10.2 Å². The zero-order chi connectivity index (χ0) is 14.4. The van der Waals surface area contributed by atoms with Gasteiger partial charge in [-0.25, -0.2) is 4.68 Å². The summed E-state index contributed by atoms with van der Waals surface area (Å²) in [6.45, 7) is 0.679. The van der Waals surface area contributed by atoms with E-state index in [1.54, 1.807) is 0 Å². The molecule has 0 aliphatic rings. The number of benzene rings is 1. The van der Waals surface area contributed by atoms with Gasteiger partial charge in [0.15, 0.2) is 0 Å². The van der Waals surface area contributed by atoms with Crippen LogP contribution in [0.15, 0.2) is 36.9 Å². The molecule has 1 aromatic carbocycles. The highest BCUT2D eigenvalue weighted by Crippen LogP contribution is 2.03. The molecule has 104 valence electrons. The summed E-state index contributed by atoms with van der Waals surface area (Å²) in [5.41, 5.74) is 9.67. The summed E-state index contributed by atoms with van der Waals surface area (Å²) in [6.07, 6.45) is 2.55. The first kappa shape index (κ1) is 13.7. The lowest BCUT2D eigenvalue weighted by Gasteiger charge is -2.07. The van der Waals surface area contributed by atoms with Crippen LogP contribution in [-0.2, 0) is 22.7 Å². The van der Waals surface area contributed by atoms with Crippen LogP contribution < -0.4 is 16.5 Å². The van der Waals surface area contributed by atoms with Crippen molar-refractivity contribution in [2.75, 3.05) is 5.43 Å². The number of aromatic nitrogens is 3. The first-order valence-electron chi connectivity index (χ1n) is 5.90. The molecule has 0 bridgehead atoms. The molecule has 0 aliphatic heterocycles. The lowest BCUT2D eigenvalue weighted by molar-refractivity contribution is -0.136. The Hall–Kier alpha value is -2.74. The van der Waals surface area contributed by atoms with Crippen LogP contribution in [0.5, 0.6) is 0 Å². The molecule has 1 aromatic heterocycles. The quantitative estimate of drug-likeness (QED) is 0.626. The Kier molecular flexibility index (Phi) is 4.40. The molecular weight excluding hydrogens is 260 g/mol. The second-order valence-electron chi connectivity index (χ2n) is 4.02. The minimum absolute atomic E-state index is 0.252. The molecule has 0 radical (unpaired) electrons. The zero-order valence-corrected chi connectivity index (χ0v) is 10.6. The van der Waals surface area contributed by atoms with E-state index < -0.39 is 11.8 Å². The Morgan fingerprint density at radius 2 is 1.85 bits per heavy atom. The van der Waals surface area contributed by atoms with Gasteiger partial charge in [-0.05, 0) is 11.1 Å². The highest BCUT2D eigenvalue weighted by molar-refractivity contribution is 6.38. The Bertz CT molecular complexity index is 596. The van der Waals surface area contributed by atoms with Crippen LogP contribution in [0.1, 0.15) is 11.1 Å². The molecule has 0 fully saturated rings. The third-order valence-corrected chi connectivity index (χ3v) is 2.54. The molecule has 20 heavy (non-hydrogen) atoms. The van der Waals surface area contributed by atoms with Crippen LogP contribution >= 0.6 is 0 Å². The van der Waals surface area contributed by atoms with Crippen molar-refractivity contribution >= 4 is 11.8 Å². The van der Waals surface area contributed by atoms with E-state index in [1.807, 2.05) is 24.3 Å². The van der Waals surface area contributed by atoms with Crippen molar-refractivity contribution in [3.05, 3.63) is 48.0 Å². The Balaban J connectivity index is 1.86. The molecule has 8 heteroatoms. The van der Waals surface area contributed by atoms with Gasteiger partial charge in [-0.2, -0.15) is 0 Å². The van der Waals surface area contributed by atoms with E-state index in [0.29, 0.717) is 6.54 Å². The minimum Gasteiger partial charge on any atom is -0.344 e. The lowest BCUT2D eigenvalue weighted by atomic mass is 10.1. The normalized spacial score (nSPS) is 10.1. The van der Waals surface area contributed by atoms with Crippen LogP contribution in [0, 0.1) is 0 Å². The van der Waals surface area contributed by atoms with E-state index in [-0.39, 0.29) is 6.54 Å². The standard InChI is InChI=1S/C12H14N6O2/c13-5-9-2-1-3-10(4-9)6-14-11(19)12(20)17-18-7-15-16-8-18/h1-4,7-8H,5-6,13H2,(H,14,19)(H,17,20). The van der Waals surface area contributed by atoms with Crippen molar-refractivity contribution in [3.8, 4) is 0 Å². The second kappa shape index (κ2) is 6.43. The van der Waals surface area contributed by atoms with E-state index >= 15 is 0 Å². The number of amides is 2. The zero-order valence-electron chi connectivity index (χ0n) is 10.6. The fourth-order valence-corrected chi connectivity index (χ4v) is 1.56. The topological polar surface area (TPSA) is 115 Å². The Morgan fingerprint density at radius 1 is 1.15 bits per heavy atom. The SMILES string of the molecule is NCc1cccc(CNC(=O)C(=O)Nn2cnnc2)c1. The average molecular weight is 274 g/mol. The molecule has 0 atom stereocenters. The van der Waals surface area contributed by atoms with Gasteiger partial charge >= 0.3 is 11.8 Å². The first-order valence-corrected chi connectivity index (χ1v) is 5.90. The summed E-state index contributed by atoms with van der Waals surface area (Å²) in [7, 11) is 0. The molecule has 1 heterocycles. The second-order valence-corrected chi connectivity index (χ2v) is 4.02. The molecule has 2 amide bonds. The predicted octanol–water partition coefficient (Wildman–Crippen LogP) is -0.877. The summed E-state index contributed by atoms with van der Waals surface area (Å²) < 4.78 is 1.19. The van der Waals surface area contributed by atoms with Gasteiger partial charge < -0.3 is 11.1 Å². The van der Waals surface area contributed by atoms with E-state index in [1.165, 1.54) is 17.3 Å². The number of nitrogens with two attached hydrogens (primary N) is 1. The summed E-state index contributed by atoms with van der Waals surface area (Å²) in [5.74, 6) is -1.53. The van der Waals surface area contributed by atoms with Gasteiger partial charge in [-0.3, -0.25) is 15.0 Å². The lowest BCUT2D eigenvalue weighted by Crippen LogP contribution is -2.38. The molecule has 0 saturated carbocycles. The highest BCUT2D eigenvalue weighted by Gasteiger charge is 2.13. The number of nitrogens with zero attached hydrogens (tertiary/aromatic N) is 3. The fourth-order valence-electron chi connectivity index (χ4n) is 1.56. The number of carbonyl (C=O) groups is 2. The van der Waals surface area contributed by atoms with Gasteiger partial charge in [0.25, 0.3) is 0 Å². The Labute approximate surface area is 115 Å². The van der Waals surface area contributed by atoms with Crippen molar-refractivity contribution in [3.63, 3.8) is 0 Å².